The summed E-state index contributed by atoms with van der Waals surface area (Å²) in [6.45, 7) is 8.16. The molecule has 1 aliphatic rings. The first kappa shape index (κ1) is 24.1. The van der Waals surface area contributed by atoms with E-state index in [1.54, 1.807) is 25.7 Å². The zero-order valence-corrected chi connectivity index (χ0v) is 18.6. The first-order chi connectivity index (χ1) is 13.9. The third kappa shape index (κ3) is 6.94. The summed E-state index contributed by atoms with van der Waals surface area (Å²) in [6.07, 6.45) is 0.875. The van der Waals surface area contributed by atoms with Crippen LogP contribution in [0.4, 0.5) is 9.18 Å². The number of carbonyl (C=O) groups is 2. The van der Waals surface area contributed by atoms with Crippen LogP contribution in [0, 0.1) is 11.7 Å². The highest BCUT2D eigenvalue weighted by atomic mass is 32.2. The summed E-state index contributed by atoms with van der Waals surface area (Å²) in [7, 11) is -4.15. The fraction of sp³-hybridized carbons (Fsp3) is 0.600. The van der Waals surface area contributed by atoms with E-state index in [-0.39, 0.29) is 11.8 Å². The van der Waals surface area contributed by atoms with E-state index in [9.17, 15) is 22.4 Å². The van der Waals surface area contributed by atoms with Crippen LogP contribution in [0.5, 0.6) is 0 Å². The van der Waals surface area contributed by atoms with Crippen molar-refractivity contribution in [1.82, 2.24) is 14.9 Å². The van der Waals surface area contributed by atoms with Gasteiger partial charge in [-0.25, -0.2) is 17.6 Å². The molecular weight excluding hydrogens is 413 g/mol. The summed E-state index contributed by atoms with van der Waals surface area (Å²) in [5.74, 6) is -1.04. The third-order valence-corrected chi connectivity index (χ3v) is 6.26. The molecule has 168 valence electrons. The van der Waals surface area contributed by atoms with E-state index < -0.39 is 38.5 Å². The molecule has 0 spiro atoms. The molecule has 1 aromatic rings. The van der Waals surface area contributed by atoms with Crippen molar-refractivity contribution in [1.29, 1.82) is 0 Å². The van der Waals surface area contributed by atoms with Crippen LogP contribution in [0.3, 0.4) is 0 Å². The molecule has 8 nitrogen and oxygen atoms in total. The van der Waals surface area contributed by atoms with Gasteiger partial charge in [0.1, 0.15) is 16.3 Å². The SMILES string of the molecule is C[C@H](NS(=O)(=O)c1ccccc1F)C(=O)N1CCC(CNC(=O)OC(C)(C)C)CC1. The molecule has 1 aliphatic heterocycles. The lowest BCUT2D eigenvalue weighted by molar-refractivity contribution is -0.134. The molecule has 0 radical (unpaired) electrons. The van der Waals surface area contributed by atoms with Crippen LogP contribution in [-0.2, 0) is 19.6 Å². The van der Waals surface area contributed by atoms with Crippen LogP contribution < -0.4 is 10.0 Å². The lowest BCUT2D eigenvalue weighted by atomic mass is 9.96. The Morgan fingerprint density at radius 3 is 2.40 bits per heavy atom. The predicted octanol–water partition coefficient (Wildman–Crippen LogP) is 2.26. The second-order valence-electron chi connectivity index (χ2n) is 8.42. The summed E-state index contributed by atoms with van der Waals surface area (Å²) in [5, 5.41) is 2.74. The second-order valence-corrected chi connectivity index (χ2v) is 10.1. The molecule has 2 rings (SSSR count). The van der Waals surface area contributed by atoms with Crippen LogP contribution >= 0.6 is 0 Å². The van der Waals surface area contributed by atoms with Crippen LogP contribution in [0.25, 0.3) is 0 Å². The largest absolute Gasteiger partial charge is 0.444 e. The van der Waals surface area contributed by atoms with Crippen LogP contribution in [0.1, 0.15) is 40.5 Å². The quantitative estimate of drug-likeness (QED) is 0.702. The Kier molecular flexibility index (Phi) is 7.81. The van der Waals surface area contributed by atoms with Crippen molar-refractivity contribution in [2.75, 3.05) is 19.6 Å². The standard InChI is InChI=1S/C20H30FN3O5S/c1-14(23-30(27,28)17-8-6-5-7-16(17)21)18(25)24-11-9-15(10-12-24)13-22-19(26)29-20(2,3)4/h5-8,14-15,23H,9-13H2,1-4H3,(H,22,26)/t14-/m0/s1. The molecule has 0 bridgehead atoms. The molecule has 0 unspecified atom stereocenters. The van der Waals surface area contributed by atoms with Crippen LogP contribution in [0.15, 0.2) is 29.2 Å². The van der Waals surface area contributed by atoms with E-state index in [4.69, 9.17) is 4.74 Å². The molecule has 2 amide bonds. The number of sulfonamides is 1. The Bertz CT molecular complexity index is 861. The molecule has 0 saturated carbocycles. The molecule has 1 heterocycles. The lowest BCUT2D eigenvalue weighted by Gasteiger charge is -2.33. The first-order valence-corrected chi connectivity index (χ1v) is 11.4. The Morgan fingerprint density at radius 1 is 1.23 bits per heavy atom. The third-order valence-electron chi connectivity index (χ3n) is 4.69. The predicted molar refractivity (Wildman–Crippen MR) is 110 cm³/mol. The fourth-order valence-electron chi connectivity index (χ4n) is 3.18. The fourth-order valence-corrected chi connectivity index (χ4v) is 4.46. The maximum atomic E-state index is 13.8. The number of amides is 2. The summed E-state index contributed by atoms with van der Waals surface area (Å²) < 4.78 is 46.0. The molecule has 1 atom stereocenters. The maximum Gasteiger partial charge on any atom is 0.407 e. The van der Waals surface area contributed by atoms with E-state index >= 15 is 0 Å². The van der Waals surface area contributed by atoms with Gasteiger partial charge in [0.05, 0.1) is 6.04 Å². The number of likely N-dealkylation sites (tertiary alicyclic amines) is 1. The zero-order valence-electron chi connectivity index (χ0n) is 17.8. The summed E-state index contributed by atoms with van der Waals surface area (Å²) in [5.41, 5.74) is -0.563. The molecule has 1 aromatic carbocycles. The Hall–Kier alpha value is -2.20. The van der Waals surface area contributed by atoms with Crippen LogP contribution in [0.2, 0.25) is 0 Å². The number of rotatable bonds is 6. The molecule has 30 heavy (non-hydrogen) atoms. The summed E-state index contributed by atoms with van der Waals surface area (Å²) in [4.78, 5) is 25.5. The molecule has 1 saturated heterocycles. The van der Waals surface area contributed by atoms with Crippen molar-refractivity contribution in [2.45, 2.75) is 57.1 Å². The van der Waals surface area contributed by atoms with Crippen molar-refractivity contribution in [3.05, 3.63) is 30.1 Å². The van der Waals surface area contributed by atoms with Crippen molar-refractivity contribution in [3.8, 4) is 0 Å². The number of piperidine rings is 1. The van der Waals surface area contributed by atoms with E-state index in [0.29, 0.717) is 32.5 Å². The van der Waals surface area contributed by atoms with Gasteiger partial charge in [-0.2, -0.15) is 4.72 Å². The number of hydrogen-bond donors (Lipinski definition) is 2. The smallest absolute Gasteiger partial charge is 0.407 e. The molecular formula is C20H30FN3O5S. The highest BCUT2D eigenvalue weighted by Crippen LogP contribution is 2.19. The zero-order chi connectivity index (χ0) is 22.5. The maximum absolute atomic E-state index is 13.8. The lowest BCUT2D eigenvalue weighted by Crippen LogP contribution is -2.50. The molecule has 0 aromatic heterocycles. The van der Waals surface area contributed by atoms with Gasteiger partial charge in [0.15, 0.2) is 0 Å². The Morgan fingerprint density at radius 2 is 1.83 bits per heavy atom. The second kappa shape index (κ2) is 9.74. The van der Waals surface area contributed by atoms with Gasteiger partial charge < -0.3 is 15.0 Å². The number of nitrogens with zero attached hydrogens (tertiary/aromatic N) is 1. The van der Waals surface area contributed by atoms with Gasteiger partial charge in [0.25, 0.3) is 0 Å². The number of carbonyl (C=O) groups excluding carboxylic acids is 2. The Balaban J connectivity index is 1.83. The van der Waals surface area contributed by atoms with Crippen molar-refractivity contribution in [2.24, 2.45) is 5.92 Å². The Labute approximate surface area is 177 Å². The van der Waals surface area contributed by atoms with Crippen molar-refractivity contribution < 1.29 is 27.1 Å². The van der Waals surface area contributed by atoms with Gasteiger partial charge >= 0.3 is 6.09 Å². The van der Waals surface area contributed by atoms with Gasteiger partial charge in [-0.1, -0.05) is 12.1 Å². The number of nitrogens with one attached hydrogen (secondary N) is 2. The average molecular weight is 444 g/mol. The van der Waals surface area contributed by atoms with Crippen molar-refractivity contribution in [3.63, 3.8) is 0 Å². The topological polar surface area (TPSA) is 105 Å². The minimum Gasteiger partial charge on any atom is -0.444 e. The number of hydrogen-bond acceptors (Lipinski definition) is 5. The van der Waals surface area contributed by atoms with E-state index in [0.717, 1.165) is 12.1 Å². The van der Waals surface area contributed by atoms with Gasteiger partial charge in [0.2, 0.25) is 15.9 Å². The minimum atomic E-state index is -4.15. The van der Waals surface area contributed by atoms with Gasteiger partial charge in [-0.15, -0.1) is 0 Å². The molecule has 10 heteroatoms. The normalized spacial score (nSPS) is 16.8. The average Bonchev–Trinajstić information content (AvgIpc) is 2.64. The van der Waals surface area contributed by atoms with Gasteiger partial charge in [0, 0.05) is 19.6 Å². The highest BCUT2D eigenvalue weighted by molar-refractivity contribution is 7.89. The molecule has 2 N–H and O–H groups in total. The number of benzene rings is 1. The summed E-state index contributed by atoms with van der Waals surface area (Å²) in [6, 6.07) is 3.99. The van der Waals surface area contributed by atoms with Gasteiger partial charge in [-0.05, 0) is 58.6 Å². The van der Waals surface area contributed by atoms with Crippen LogP contribution in [-0.4, -0.2) is 56.6 Å². The number of ether oxygens (including phenoxy) is 1. The minimum absolute atomic E-state index is 0.201. The number of halogens is 1. The molecule has 0 aliphatic carbocycles. The number of alkyl carbamates (subject to hydrolysis) is 1. The summed E-state index contributed by atoms with van der Waals surface area (Å²) >= 11 is 0. The monoisotopic (exact) mass is 443 g/mol. The van der Waals surface area contributed by atoms with E-state index in [2.05, 4.69) is 10.0 Å². The van der Waals surface area contributed by atoms with E-state index in [1.807, 2.05) is 0 Å². The van der Waals surface area contributed by atoms with Gasteiger partial charge in [-0.3, -0.25) is 4.79 Å². The highest BCUT2D eigenvalue weighted by Gasteiger charge is 2.30. The first-order valence-electron chi connectivity index (χ1n) is 9.91. The van der Waals surface area contributed by atoms with E-state index in [1.165, 1.54) is 19.1 Å². The molecule has 1 fully saturated rings. The van der Waals surface area contributed by atoms with Crippen molar-refractivity contribution >= 4 is 22.0 Å².